The van der Waals surface area contributed by atoms with E-state index in [9.17, 15) is 9.59 Å². The quantitative estimate of drug-likeness (QED) is 0.359. The minimum Gasteiger partial charge on any atom is -0.352 e. The Morgan fingerprint density at radius 3 is 2.83 bits per heavy atom. The second-order valence-corrected chi connectivity index (χ2v) is 8.41. The van der Waals surface area contributed by atoms with Gasteiger partial charge in [0, 0.05) is 18.1 Å². The molecular formula is C23H24N4O2S. The predicted molar refractivity (Wildman–Crippen MR) is 120 cm³/mol. The molecule has 1 amide bonds. The maximum absolute atomic E-state index is 13.0. The van der Waals surface area contributed by atoms with Crippen LogP contribution in [0.4, 0.5) is 0 Å². The summed E-state index contributed by atoms with van der Waals surface area (Å²) in [6.07, 6.45) is 4.34. The van der Waals surface area contributed by atoms with Gasteiger partial charge in [-0.3, -0.25) is 14.0 Å². The zero-order valence-corrected chi connectivity index (χ0v) is 17.9. The van der Waals surface area contributed by atoms with Crippen LogP contribution >= 0.6 is 11.3 Å². The van der Waals surface area contributed by atoms with E-state index in [4.69, 9.17) is 0 Å². The summed E-state index contributed by atoms with van der Waals surface area (Å²) in [7, 11) is 0. The maximum atomic E-state index is 13.0. The number of pyridine rings is 1. The Kier molecular flexibility index (Phi) is 5.90. The molecule has 3 heterocycles. The number of carbonyl (C=O) groups excluding carboxylic acids is 1. The number of fused-ring (bicyclic) bond motifs is 2. The first-order chi connectivity index (χ1) is 14.5. The molecule has 6 nitrogen and oxygen atoms in total. The summed E-state index contributed by atoms with van der Waals surface area (Å²) < 4.78 is 1.46. The summed E-state index contributed by atoms with van der Waals surface area (Å²) in [6, 6.07) is 9.22. The first kappa shape index (κ1) is 20.2. The summed E-state index contributed by atoms with van der Waals surface area (Å²) in [5.41, 5.74) is 5.51. The molecule has 0 saturated carbocycles. The van der Waals surface area contributed by atoms with Crippen LogP contribution in [-0.2, 0) is 6.42 Å². The molecule has 0 aliphatic heterocycles. The molecule has 0 bridgehead atoms. The number of unbranched alkanes of at least 4 members (excludes halogenated alkanes) is 1. The van der Waals surface area contributed by atoms with Gasteiger partial charge in [-0.25, -0.2) is 9.97 Å². The van der Waals surface area contributed by atoms with Crippen LogP contribution in [0.1, 0.15) is 54.2 Å². The number of rotatable bonds is 7. The van der Waals surface area contributed by atoms with Crippen molar-refractivity contribution >= 4 is 33.8 Å². The number of carbonyl (C=O) groups is 1. The molecule has 4 aromatic rings. The average molecular weight is 421 g/mol. The number of benzene rings is 1. The molecule has 4 rings (SSSR count). The summed E-state index contributed by atoms with van der Waals surface area (Å²) in [5, 5.41) is 5.55. The van der Waals surface area contributed by atoms with Gasteiger partial charge in [-0.1, -0.05) is 19.9 Å². The second-order valence-electron chi connectivity index (χ2n) is 7.69. The molecule has 0 spiro atoms. The Balaban J connectivity index is 1.50. The molecule has 154 valence electrons. The lowest BCUT2D eigenvalue weighted by atomic mass is 10.0. The third kappa shape index (κ3) is 4.26. The number of hydrogen-bond acceptors (Lipinski definition) is 5. The Hall–Kier alpha value is -3.06. The van der Waals surface area contributed by atoms with Gasteiger partial charge >= 0.3 is 0 Å². The van der Waals surface area contributed by atoms with E-state index in [0.29, 0.717) is 34.6 Å². The van der Waals surface area contributed by atoms with E-state index in [1.54, 1.807) is 29.7 Å². The minimum atomic E-state index is -0.187. The highest BCUT2D eigenvalue weighted by Gasteiger charge is 2.11. The number of aryl methyl sites for hydroxylation is 1. The zero-order chi connectivity index (χ0) is 21.1. The standard InChI is InChI=1S/C23H24N4O2S/c1-15(2)16-6-8-20-19(11-16)23(29)27-12-17(7-9-21(27)26-20)22(28)24-10-4-3-5-18-13-30-14-25-18/h6-9,11-15H,3-5,10H2,1-2H3,(H,24,28). The Morgan fingerprint density at radius 2 is 2.07 bits per heavy atom. The Bertz CT molecular complexity index is 1250. The van der Waals surface area contributed by atoms with Crippen molar-refractivity contribution in [1.82, 2.24) is 19.7 Å². The van der Waals surface area contributed by atoms with Crippen molar-refractivity contribution in [2.75, 3.05) is 6.54 Å². The van der Waals surface area contributed by atoms with Gasteiger partial charge in [0.1, 0.15) is 5.65 Å². The smallest absolute Gasteiger partial charge is 0.265 e. The van der Waals surface area contributed by atoms with Gasteiger partial charge in [-0.15, -0.1) is 11.3 Å². The maximum Gasteiger partial charge on any atom is 0.265 e. The fourth-order valence-electron chi connectivity index (χ4n) is 3.41. The number of amides is 1. The fourth-order valence-corrected chi connectivity index (χ4v) is 4.00. The summed E-state index contributed by atoms with van der Waals surface area (Å²) in [5.74, 6) is 0.135. The molecule has 0 aliphatic carbocycles. The summed E-state index contributed by atoms with van der Waals surface area (Å²) in [6.45, 7) is 4.77. The van der Waals surface area contributed by atoms with Gasteiger partial charge in [-0.05, 0) is 55.0 Å². The minimum absolute atomic E-state index is 0.157. The highest BCUT2D eigenvalue weighted by molar-refractivity contribution is 7.07. The lowest BCUT2D eigenvalue weighted by Crippen LogP contribution is -2.26. The van der Waals surface area contributed by atoms with Gasteiger partial charge in [0.05, 0.1) is 27.7 Å². The van der Waals surface area contributed by atoms with Gasteiger partial charge in [0.15, 0.2) is 0 Å². The third-order valence-electron chi connectivity index (χ3n) is 5.19. The van der Waals surface area contributed by atoms with Crippen molar-refractivity contribution in [3.63, 3.8) is 0 Å². The lowest BCUT2D eigenvalue weighted by molar-refractivity contribution is 0.0952. The molecule has 0 radical (unpaired) electrons. The van der Waals surface area contributed by atoms with E-state index in [1.165, 1.54) is 4.40 Å². The van der Waals surface area contributed by atoms with Crippen LogP contribution < -0.4 is 10.9 Å². The average Bonchev–Trinajstić information content (AvgIpc) is 3.26. The van der Waals surface area contributed by atoms with Gasteiger partial charge < -0.3 is 5.32 Å². The molecule has 1 aromatic carbocycles. The Morgan fingerprint density at radius 1 is 1.20 bits per heavy atom. The highest BCUT2D eigenvalue weighted by atomic mass is 32.1. The van der Waals surface area contributed by atoms with Crippen LogP contribution in [0.15, 0.2) is 52.2 Å². The van der Waals surface area contributed by atoms with E-state index >= 15 is 0 Å². The van der Waals surface area contributed by atoms with E-state index in [0.717, 1.165) is 30.5 Å². The second kappa shape index (κ2) is 8.75. The summed E-state index contributed by atoms with van der Waals surface area (Å²) in [4.78, 5) is 34.4. The molecule has 3 aromatic heterocycles. The molecule has 0 saturated heterocycles. The van der Waals surface area contributed by atoms with Crippen molar-refractivity contribution < 1.29 is 4.79 Å². The van der Waals surface area contributed by atoms with Crippen molar-refractivity contribution in [3.05, 3.63) is 74.6 Å². The number of thiazole rings is 1. The monoisotopic (exact) mass is 420 g/mol. The zero-order valence-electron chi connectivity index (χ0n) is 17.1. The van der Waals surface area contributed by atoms with E-state index in [-0.39, 0.29) is 11.5 Å². The topological polar surface area (TPSA) is 76.4 Å². The molecule has 0 unspecified atom stereocenters. The molecule has 0 aliphatic rings. The van der Waals surface area contributed by atoms with Gasteiger partial charge in [0.2, 0.25) is 0 Å². The van der Waals surface area contributed by atoms with Crippen molar-refractivity contribution in [2.45, 2.75) is 39.0 Å². The lowest BCUT2D eigenvalue weighted by Gasteiger charge is -2.09. The van der Waals surface area contributed by atoms with Crippen LogP contribution in [0.3, 0.4) is 0 Å². The largest absolute Gasteiger partial charge is 0.352 e. The molecule has 7 heteroatoms. The van der Waals surface area contributed by atoms with Crippen LogP contribution in [0, 0.1) is 0 Å². The van der Waals surface area contributed by atoms with E-state index < -0.39 is 0 Å². The molecule has 1 N–H and O–H groups in total. The Labute approximate surface area is 178 Å². The van der Waals surface area contributed by atoms with E-state index in [2.05, 4.69) is 29.1 Å². The molecule has 0 atom stereocenters. The first-order valence-electron chi connectivity index (χ1n) is 10.1. The van der Waals surface area contributed by atoms with Crippen LogP contribution in [0.2, 0.25) is 0 Å². The van der Waals surface area contributed by atoms with Crippen LogP contribution in [-0.4, -0.2) is 26.8 Å². The normalized spacial score (nSPS) is 11.4. The van der Waals surface area contributed by atoms with Crippen LogP contribution in [0.25, 0.3) is 16.6 Å². The third-order valence-corrected chi connectivity index (χ3v) is 5.82. The predicted octanol–water partition coefficient (Wildman–Crippen LogP) is 4.18. The number of hydrogen-bond donors (Lipinski definition) is 1. The molecular weight excluding hydrogens is 396 g/mol. The van der Waals surface area contributed by atoms with Gasteiger partial charge in [0.25, 0.3) is 11.5 Å². The highest BCUT2D eigenvalue weighted by Crippen LogP contribution is 2.19. The van der Waals surface area contributed by atoms with Crippen molar-refractivity contribution in [2.24, 2.45) is 0 Å². The van der Waals surface area contributed by atoms with Crippen molar-refractivity contribution in [3.8, 4) is 0 Å². The van der Waals surface area contributed by atoms with Crippen LogP contribution in [0.5, 0.6) is 0 Å². The number of nitrogens with zero attached hydrogens (tertiary/aromatic N) is 3. The summed E-state index contributed by atoms with van der Waals surface area (Å²) >= 11 is 1.60. The van der Waals surface area contributed by atoms with Gasteiger partial charge in [-0.2, -0.15) is 0 Å². The first-order valence-corrected chi connectivity index (χ1v) is 11.1. The number of nitrogens with one attached hydrogen (secondary N) is 1. The number of aromatic nitrogens is 3. The fraction of sp³-hybridized carbons (Fsp3) is 0.304. The van der Waals surface area contributed by atoms with E-state index in [1.807, 2.05) is 29.1 Å². The van der Waals surface area contributed by atoms with Crippen molar-refractivity contribution in [1.29, 1.82) is 0 Å². The molecule has 30 heavy (non-hydrogen) atoms. The molecule has 0 fully saturated rings. The SMILES string of the molecule is CC(C)c1ccc2nc3ccc(C(=O)NCCCCc4cscn4)cn3c(=O)c2c1.